The van der Waals surface area contributed by atoms with Gasteiger partial charge in [-0.2, -0.15) is 0 Å². The van der Waals surface area contributed by atoms with E-state index in [0.29, 0.717) is 16.5 Å². The maximum Gasteiger partial charge on any atom is 1.00 e. The largest absolute Gasteiger partial charge is 1.00 e. The van der Waals surface area contributed by atoms with Gasteiger partial charge in [-0.1, -0.05) is 60.4 Å². The average Bonchev–Trinajstić information content (AvgIpc) is 2.43. The van der Waals surface area contributed by atoms with E-state index in [1.165, 1.54) is 11.8 Å². The molecule has 4 nitrogen and oxygen atoms in total. The van der Waals surface area contributed by atoms with Gasteiger partial charge < -0.3 is 9.87 Å². The second-order valence-electron chi connectivity index (χ2n) is 4.40. The van der Waals surface area contributed by atoms with Gasteiger partial charge in [0.2, 0.25) is 0 Å². The summed E-state index contributed by atoms with van der Waals surface area (Å²) >= 11 is 6.57. The molecule has 0 aliphatic rings. The molecular formula is C14H14KNO3S3. The third-order valence-corrected chi connectivity index (χ3v) is 4.90. The normalized spacial score (nSPS) is 11.0. The number of nitrogens with one attached hydrogen (secondary N) is 1. The van der Waals surface area contributed by atoms with Crippen LogP contribution < -0.4 is 56.7 Å². The summed E-state index contributed by atoms with van der Waals surface area (Å²) in [6.07, 6.45) is 0.299. The van der Waals surface area contributed by atoms with E-state index < -0.39 is 10.1 Å². The number of rotatable bonds is 5. The Balaban J connectivity index is 0.00000242. The molecule has 0 unspecified atom stereocenters. The second kappa shape index (κ2) is 9.70. The van der Waals surface area contributed by atoms with Gasteiger partial charge in [-0.15, -0.1) is 0 Å². The third-order valence-electron chi connectivity index (χ3n) is 2.80. The van der Waals surface area contributed by atoms with E-state index in [2.05, 4.69) is 5.32 Å². The number of anilines is 1. The molecule has 8 heteroatoms. The summed E-state index contributed by atoms with van der Waals surface area (Å²) in [6.45, 7) is 0. The standard InChI is InChI=1S/C14H15NO3S3.K/c16-21(17,18)10-4-9-20-14(19)15-13-8-3-6-11-5-1-2-7-12(11)13;/h1-3,5-8H,4,9-10H2,(H,15,19)(H,16,17,18);/q;+1/p-1. The molecular weight excluding hydrogens is 365 g/mol. The Labute approximate surface area is 182 Å². The molecule has 22 heavy (non-hydrogen) atoms. The molecule has 1 N–H and O–H groups in total. The van der Waals surface area contributed by atoms with E-state index in [1.807, 2.05) is 42.5 Å². The second-order valence-corrected chi connectivity index (χ2v) is 7.70. The fourth-order valence-corrected chi connectivity index (χ4v) is 3.58. The van der Waals surface area contributed by atoms with Crippen LogP contribution in [0.2, 0.25) is 0 Å². The van der Waals surface area contributed by atoms with Crippen molar-refractivity contribution in [3.63, 3.8) is 0 Å². The van der Waals surface area contributed by atoms with Gasteiger partial charge in [0.1, 0.15) is 4.32 Å². The van der Waals surface area contributed by atoms with Crippen LogP contribution in [0.1, 0.15) is 6.42 Å². The van der Waals surface area contributed by atoms with E-state index in [0.717, 1.165) is 16.5 Å². The minimum absolute atomic E-state index is 0. The molecule has 0 aromatic heterocycles. The van der Waals surface area contributed by atoms with Crippen molar-refractivity contribution in [2.45, 2.75) is 6.42 Å². The molecule has 2 rings (SSSR count). The Morgan fingerprint density at radius 2 is 1.86 bits per heavy atom. The first kappa shape index (κ1) is 20.5. The summed E-state index contributed by atoms with van der Waals surface area (Å²) in [4.78, 5) is 0. The number of thiocarbonyl (C=S) groups is 1. The molecule has 2 aromatic rings. The van der Waals surface area contributed by atoms with Crippen LogP contribution in [0.4, 0.5) is 5.69 Å². The summed E-state index contributed by atoms with van der Waals surface area (Å²) in [6, 6.07) is 13.9. The molecule has 0 heterocycles. The number of hydrogen-bond donors (Lipinski definition) is 1. The predicted octanol–water partition coefficient (Wildman–Crippen LogP) is 0.209. The van der Waals surface area contributed by atoms with Crippen LogP contribution >= 0.6 is 24.0 Å². The first-order chi connectivity index (χ1) is 9.96. The summed E-state index contributed by atoms with van der Waals surface area (Å²) in [7, 11) is -4.14. The third kappa shape index (κ3) is 6.94. The SMILES string of the molecule is O=S(=O)([O-])CCCSC(=S)Nc1cccc2ccccc12.[K+]. The van der Waals surface area contributed by atoms with Crippen molar-refractivity contribution in [1.82, 2.24) is 0 Å². The molecule has 0 amide bonds. The van der Waals surface area contributed by atoms with E-state index >= 15 is 0 Å². The Morgan fingerprint density at radius 3 is 2.59 bits per heavy atom. The first-order valence-corrected chi connectivity index (χ1v) is 9.28. The molecule has 0 radical (unpaired) electrons. The van der Waals surface area contributed by atoms with Crippen molar-refractivity contribution < 1.29 is 64.4 Å². The summed E-state index contributed by atoms with van der Waals surface area (Å²) in [5.41, 5.74) is 0.919. The van der Waals surface area contributed by atoms with Gasteiger partial charge in [0.15, 0.2) is 0 Å². The Hall–Kier alpha value is 0.486. The zero-order valence-electron chi connectivity index (χ0n) is 12.1. The quantitative estimate of drug-likeness (QED) is 0.347. The molecule has 0 spiro atoms. The number of thioether (sulfide) groups is 1. The van der Waals surface area contributed by atoms with Gasteiger partial charge in [0.25, 0.3) is 0 Å². The maximum atomic E-state index is 10.5. The summed E-state index contributed by atoms with van der Waals surface area (Å²) < 4.78 is 32.1. The molecule has 2 aromatic carbocycles. The van der Waals surface area contributed by atoms with Crippen LogP contribution in [0.3, 0.4) is 0 Å². The van der Waals surface area contributed by atoms with Crippen LogP contribution in [-0.4, -0.2) is 28.8 Å². The van der Waals surface area contributed by atoms with Gasteiger partial charge >= 0.3 is 51.4 Å². The Morgan fingerprint density at radius 1 is 1.18 bits per heavy atom. The zero-order chi connectivity index (χ0) is 15.3. The van der Waals surface area contributed by atoms with Crippen molar-refractivity contribution in [2.75, 3.05) is 16.8 Å². The topological polar surface area (TPSA) is 69.2 Å². The van der Waals surface area contributed by atoms with Gasteiger partial charge in [-0.3, -0.25) is 0 Å². The van der Waals surface area contributed by atoms with Crippen molar-refractivity contribution in [3.8, 4) is 0 Å². The number of hydrogen-bond acceptors (Lipinski definition) is 5. The van der Waals surface area contributed by atoms with Crippen LogP contribution in [0.15, 0.2) is 42.5 Å². The van der Waals surface area contributed by atoms with Crippen molar-refractivity contribution in [1.29, 1.82) is 0 Å². The molecule has 112 valence electrons. The summed E-state index contributed by atoms with van der Waals surface area (Å²) in [5.74, 6) is 0.148. The molecule has 0 aliphatic carbocycles. The van der Waals surface area contributed by atoms with Crippen LogP contribution in [0.5, 0.6) is 0 Å². The van der Waals surface area contributed by atoms with Crippen LogP contribution in [-0.2, 0) is 10.1 Å². The maximum absolute atomic E-state index is 10.5. The van der Waals surface area contributed by atoms with E-state index in [1.54, 1.807) is 0 Å². The predicted molar refractivity (Wildman–Crippen MR) is 91.8 cm³/mol. The summed E-state index contributed by atoms with van der Waals surface area (Å²) in [5, 5.41) is 5.34. The molecule has 0 aliphatic heterocycles. The fourth-order valence-electron chi connectivity index (χ4n) is 1.88. The molecule has 0 fully saturated rings. The van der Waals surface area contributed by atoms with Crippen LogP contribution in [0, 0.1) is 0 Å². The monoisotopic (exact) mass is 379 g/mol. The smallest absolute Gasteiger partial charge is 0.748 e. The minimum atomic E-state index is -4.14. The molecule has 0 saturated carbocycles. The Kier molecular flexibility index (Phi) is 9.05. The van der Waals surface area contributed by atoms with E-state index in [9.17, 15) is 13.0 Å². The van der Waals surface area contributed by atoms with Gasteiger partial charge in [-0.05, 0) is 17.9 Å². The van der Waals surface area contributed by atoms with Gasteiger partial charge in [0.05, 0.1) is 10.1 Å². The van der Waals surface area contributed by atoms with Gasteiger partial charge in [0, 0.05) is 22.6 Å². The van der Waals surface area contributed by atoms with Crippen molar-refractivity contribution in [3.05, 3.63) is 42.5 Å². The average molecular weight is 380 g/mol. The number of benzene rings is 2. The van der Waals surface area contributed by atoms with E-state index in [4.69, 9.17) is 12.2 Å². The van der Waals surface area contributed by atoms with Crippen molar-refractivity contribution >= 4 is 54.9 Å². The van der Waals surface area contributed by atoms with E-state index in [-0.39, 0.29) is 57.1 Å². The fraction of sp³-hybridized carbons (Fsp3) is 0.214. The molecule has 0 bridgehead atoms. The van der Waals surface area contributed by atoms with Gasteiger partial charge in [-0.25, -0.2) is 8.42 Å². The van der Waals surface area contributed by atoms with Crippen LogP contribution in [0.25, 0.3) is 10.8 Å². The molecule has 0 atom stereocenters. The van der Waals surface area contributed by atoms with Crippen molar-refractivity contribution in [2.24, 2.45) is 0 Å². The molecule has 0 saturated heterocycles. The first-order valence-electron chi connectivity index (χ1n) is 6.31. The zero-order valence-corrected chi connectivity index (χ0v) is 17.7. The Bertz CT molecular complexity index is 745. The number of fused-ring (bicyclic) bond motifs is 1. The minimum Gasteiger partial charge on any atom is -0.748 e.